The van der Waals surface area contributed by atoms with Crippen molar-refractivity contribution in [1.29, 1.82) is 0 Å². The molecule has 9 aromatic carbocycles. The van der Waals surface area contributed by atoms with Crippen molar-refractivity contribution in [3.63, 3.8) is 0 Å². The van der Waals surface area contributed by atoms with Crippen LogP contribution in [0.4, 0.5) is 34.1 Å². The Kier molecular flexibility index (Phi) is 14.0. The van der Waals surface area contributed by atoms with Crippen LogP contribution < -0.4 is 9.80 Å². The molecule has 0 fully saturated rings. The maximum Gasteiger partial charge on any atom is 0.0468 e. The van der Waals surface area contributed by atoms with E-state index in [1.807, 2.05) is 18.2 Å². The maximum atomic E-state index is 2.40. The molecular weight excluding hydrogens is 749 g/mol. The van der Waals surface area contributed by atoms with E-state index in [9.17, 15) is 0 Å². The van der Waals surface area contributed by atoms with Crippen LogP contribution in [-0.4, -0.2) is 0 Å². The summed E-state index contributed by atoms with van der Waals surface area (Å²) in [7, 11) is 0. The summed E-state index contributed by atoms with van der Waals surface area (Å²) in [6.45, 7) is 17.4. The molecule has 0 aliphatic carbocycles. The second kappa shape index (κ2) is 20.1. The minimum Gasteiger partial charge on any atom is -0.310 e. The van der Waals surface area contributed by atoms with Crippen LogP contribution in [0.1, 0.15) is 62.8 Å². The summed E-state index contributed by atoms with van der Waals surface area (Å²) in [5.74, 6) is 1.27. The van der Waals surface area contributed by atoms with Crippen LogP contribution in [0.25, 0.3) is 32.7 Å². The number of rotatable bonds is 8. The number of fused-ring (bicyclic) bond motifs is 2. The largest absolute Gasteiger partial charge is 0.310 e. The van der Waals surface area contributed by atoms with Crippen molar-refractivity contribution >= 4 is 55.7 Å². The van der Waals surface area contributed by atoms with Gasteiger partial charge in [-0.1, -0.05) is 168 Å². The van der Waals surface area contributed by atoms with E-state index in [4.69, 9.17) is 0 Å². The summed E-state index contributed by atoms with van der Waals surface area (Å²) in [6, 6.07) is 74.6. The number of hydrogen-bond donors (Lipinski definition) is 0. The summed E-state index contributed by atoms with van der Waals surface area (Å²) in [4.78, 5) is 4.76. The van der Waals surface area contributed by atoms with Gasteiger partial charge < -0.3 is 9.80 Å². The molecule has 0 spiro atoms. The van der Waals surface area contributed by atoms with Gasteiger partial charge in [-0.15, -0.1) is 0 Å². The molecule has 0 radical (unpaired) electrons. The molecule has 2 nitrogen and oxygen atoms in total. The van der Waals surface area contributed by atoms with Gasteiger partial charge in [0.05, 0.1) is 0 Å². The van der Waals surface area contributed by atoms with Gasteiger partial charge in [0, 0.05) is 34.1 Å². The first-order valence-electron chi connectivity index (χ1n) is 22.0. The first-order valence-corrected chi connectivity index (χ1v) is 22.0. The molecule has 0 heterocycles. The van der Waals surface area contributed by atoms with Crippen molar-refractivity contribution in [1.82, 2.24) is 0 Å². The highest BCUT2D eigenvalue weighted by atomic mass is 15.1. The Hall–Kier alpha value is -6.90. The Balaban J connectivity index is 0.000000463. The van der Waals surface area contributed by atoms with Crippen molar-refractivity contribution in [2.24, 2.45) is 5.92 Å². The number of para-hydroxylation sites is 1. The van der Waals surface area contributed by atoms with Crippen LogP contribution >= 0.6 is 0 Å². The monoisotopic (exact) mass is 808 g/mol. The number of benzene rings is 9. The second-order valence-corrected chi connectivity index (χ2v) is 17.2. The average Bonchev–Trinajstić information content (AvgIpc) is 3.27. The Morgan fingerprint density at radius 2 is 0.774 bits per heavy atom. The number of anilines is 6. The van der Waals surface area contributed by atoms with Gasteiger partial charge in [0.2, 0.25) is 0 Å². The van der Waals surface area contributed by atoms with Crippen molar-refractivity contribution in [3.05, 3.63) is 229 Å². The van der Waals surface area contributed by atoms with Gasteiger partial charge in [0.15, 0.2) is 0 Å². The fraction of sp³-hybridized carbons (Fsp3) is 0.167. The van der Waals surface area contributed by atoms with Gasteiger partial charge in [-0.25, -0.2) is 0 Å². The van der Waals surface area contributed by atoms with Gasteiger partial charge >= 0.3 is 0 Å². The zero-order chi connectivity index (χ0) is 43.6. The van der Waals surface area contributed by atoms with Gasteiger partial charge in [0.1, 0.15) is 0 Å². The Morgan fingerprint density at radius 1 is 0.323 bits per heavy atom. The van der Waals surface area contributed by atoms with E-state index in [2.05, 4.69) is 253 Å². The zero-order valence-corrected chi connectivity index (χ0v) is 37.7. The fourth-order valence-electron chi connectivity index (χ4n) is 7.85. The molecule has 2 heteroatoms. The van der Waals surface area contributed by atoms with E-state index in [0.29, 0.717) is 5.92 Å². The quantitative estimate of drug-likeness (QED) is 0.141. The lowest BCUT2D eigenvalue weighted by Crippen LogP contribution is -2.11. The molecular formula is C60H60N2. The third-order valence-corrected chi connectivity index (χ3v) is 10.8. The highest BCUT2D eigenvalue weighted by molar-refractivity contribution is 6.14. The van der Waals surface area contributed by atoms with E-state index in [1.54, 1.807) is 0 Å². The SMILES string of the molecule is CC(C)C.Cc1cccc(N(c2ccccc2)c2ccc3c(-c4ccccc4)c4cc(N(c5cccc(C)c5)c5cccc(C(C)C)c5)ccc4cc3c2)c1.Cc1ccccc1. The lowest BCUT2D eigenvalue weighted by atomic mass is 9.91. The summed E-state index contributed by atoms with van der Waals surface area (Å²) in [6.07, 6.45) is 0. The van der Waals surface area contributed by atoms with Crippen molar-refractivity contribution in [3.8, 4) is 11.1 Å². The molecule has 0 aromatic heterocycles. The molecule has 0 saturated heterocycles. The Morgan fingerprint density at radius 3 is 1.32 bits per heavy atom. The number of aryl methyl sites for hydroxylation is 3. The molecule has 9 aromatic rings. The number of hydrogen-bond acceptors (Lipinski definition) is 2. The van der Waals surface area contributed by atoms with Crippen molar-refractivity contribution in [2.75, 3.05) is 9.80 Å². The van der Waals surface area contributed by atoms with Crippen LogP contribution in [0.2, 0.25) is 0 Å². The third-order valence-electron chi connectivity index (χ3n) is 10.8. The molecule has 0 unspecified atom stereocenters. The lowest BCUT2D eigenvalue weighted by Gasteiger charge is -2.28. The fourth-order valence-corrected chi connectivity index (χ4v) is 7.85. The van der Waals surface area contributed by atoms with E-state index in [-0.39, 0.29) is 0 Å². The summed E-state index contributed by atoms with van der Waals surface area (Å²) in [5.41, 5.74) is 14.4. The predicted molar refractivity (Wildman–Crippen MR) is 272 cm³/mol. The molecule has 0 aliphatic rings. The van der Waals surface area contributed by atoms with Crippen molar-refractivity contribution in [2.45, 2.75) is 61.3 Å². The van der Waals surface area contributed by atoms with Gasteiger partial charge in [-0.2, -0.15) is 0 Å². The standard InChI is InChI=1S/C49H42N2.C7H8.C4H10/c1-34(2)38-18-13-23-44(31-38)51(43-22-12-15-36(4)29-43)46-25-24-39-30-40-32-45(26-27-47(40)49(48(39)33-46)37-16-7-5-8-17-37)50(41-19-9-6-10-20-41)42-21-11-14-35(3)28-42;1-7-5-3-2-4-6-7;1-4(2)3/h5-34H,1-4H3;2-6H,1H3;4H,1-3H3. The molecule has 0 amide bonds. The highest BCUT2D eigenvalue weighted by Gasteiger charge is 2.19. The normalized spacial score (nSPS) is 10.9. The average molecular weight is 809 g/mol. The van der Waals surface area contributed by atoms with E-state index in [0.717, 1.165) is 40.0 Å². The summed E-state index contributed by atoms with van der Waals surface area (Å²) < 4.78 is 0. The zero-order valence-electron chi connectivity index (χ0n) is 37.7. The molecule has 0 bridgehead atoms. The molecule has 0 N–H and O–H groups in total. The van der Waals surface area contributed by atoms with E-state index < -0.39 is 0 Å². The Bertz CT molecular complexity index is 2840. The van der Waals surface area contributed by atoms with Crippen LogP contribution in [-0.2, 0) is 0 Å². The van der Waals surface area contributed by atoms with Crippen LogP contribution in [0, 0.1) is 26.7 Å². The van der Waals surface area contributed by atoms with Crippen LogP contribution in [0.5, 0.6) is 0 Å². The minimum absolute atomic E-state index is 0.436. The van der Waals surface area contributed by atoms with E-state index in [1.165, 1.54) is 54.9 Å². The highest BCUT2D eigenvalue weighted by Crippen LogP contribution is 2.44. The first kappa shape index (κ1) is 43.2. The Labute approximate surface area is 370 Å². The maximum absolute atomic E-state index is 2.40. The molecule has 310 valence electrons. The minimum atomic E-state index is 0.436. The lowest BCUT2D eigenvalue weighted by molar-refractivity contribution is 0.737. The van der Waals surface area contributed by atoms with Gasteiger partial charge in [-0.3, -0.25) is 0 Å². The van der Waals surface area contributed by atoms with Crippen LogP contribution in [0.15, 0.2) is 206 Å². The number of nitrogens with zero attached hydrogens (tertiary/aromatic N) is 2. The molecule has 0 atom stereocenters. The molecule has 9 rings (SSSR count). The van der Waals surface area contributed by atoms with Crippen molar-refractivity contribution < 1.29 is 0 Å². The van der Waals surface area contributed by atoms with Gasteiger partial charge in [-0.05, 0) is 161 Å². The summed E-state index contributed by atoms with van der Waals surface area (Å²) in [5, 5.41) is 4.88. The smallest absolute Gasteiger partial charge is 0.0468 e. The van der Waals surface area contributed by atoms with Crippen LogP contribution in [0.3, 0.4) is 0 Å². The molecule has 0 aliphatic heterocycles. The first-order chi connectivity index (χ1) is 30.0. The molecule has 62 heavy (non-hydrogen) atoms. The third kappa shape index (κ3) is 10.5. The predicted octanol–water partition coefficient (Wildman–Crippen LogP) is 18.0. The summed E-state index contributed by atoms with van der Waals surface area (Å²) >= 11 is 0. The van der Waals surface area contributed by atoms with Gasteiger partial charge in [0.25, 0.3) is 0 Å². The molecule has 0 saturated carbocycles. The topological polar surface area (TPSA) is 6.48 Å². The second-order valence-electron chi connectivity index (χ2n) is 17.2. The van der Waals surface area contributed by atoms with E-state index >= 15 is 0 Å².